The highest BCUT2D eigenvalue weighted by atomic mass is 31.0. The highest BCUT2D eigenvalue weighted by Gasteiger charge is 1.97. The van der Waals surface area contributed by atoms with Crippen molar-refractivity contribution in [3.05, 3.63) is 22.7 Å². The van der Waals surface area contributed by atoms with Crippen molar-refractivity contribution < 1.29 is 9.59 Å². The lowest BCUT2D eigenvalue weighted by Gasteiger charge is -1.79. The number of carbonyl (C=O) groups excluding carboxylic acids is 2. The summed E-state index contributed by atoms with van der Waals surface area (Å²) in [4.78, 5) is 20.2. The highest BCUT2D eigenvalue weighted by Crippen LogP contribution is 2.16. The Kier molecular flexibility index (Phi) is 1.81. The van der Waals surface area contributed by atoms with Crippen LogP contribution in [-0.2, 0) is 0 Å². The molecule has 0 spiro atoms. The monoisotopic (exact) mass is 140 g/mol. The van der Waals surface area contributed by atoms with Crippen LogP contribution in [0.1, 0.15) is 20.4 Å². The van der Waals surface area contributed by atoms with Crippen LogP contribution >= 0.6 is 8.19 Å². The smallest absolute Gasteiger partial charge is 0.154 e. The zero-order valence-electron chi connectivity index (χ0n) is 4.63. The number of aldehydes is 2. The lowest BCUT2D eigenvalue weighted by Crippen LogP contribution is -1.79. The minimum absolute atomic E-state index is 0.387. The normalized spacial score (nSPS) is 9.78. The summed E-state index contributed by atoms with van der Waals surface area (Å²) in [6.07, 6.45) is 1.45. The van der Waals surface area contributed by atoms with Gasteiger partial charge in [-0.25, -0.2) is 0 Å². The summed E-state index contributed by atoms with van der Waals surface area (Å²) in [6.45, 7) is 0. The van der Waals surface area contributed by atoms with Gasteiger partial charge < -0.3 is 0 Å². The van der Waals surface area contributed by atoms with E-state index in [9.17, 15) is 9.59 Å². The van der Waals surface area contributed by atoms with Gasteiger partial charge in [0.15, 0.2) is 12.6 Å². The van der Waals surface area contributed by atoms with Crippen molar-refractivity contribution >= 4 is 20.8 Å². The molecule has 0 aliphatic carbocycles. The second kappa shape index (κ2) is 2.60. The second-order valence-corrected chi connectivity index (χ2v) is 2.74. The predicted octanol–water partition coefficient (Wildman–Crippen LogP) is 1.34. The first kappa shape index (κ1) is 6.24. The van der Waals surface area contributed by atoms with E-state index in [-0.39, 0.29) is 0 Å². The van der Waals surface area contributed by atoms with Gasteiger partial charge in [0.1, 0.15) is 0 Å². The van der Waals surface area contributed by atoms with Crippen molar-refractivity contribution in [3.63, 3.8) is 0 Å². The molecule has 0 aliphatic heterocycles. The van der Waals surface area contributed by atoms with Crippen LogP contribution in [0.3, 0.4) is 0 Å². The van der Waals surface area contributed by atoms with Gasteiger partial charge in [-0.2, -0.15) is 0 Å². The van der Waals surface area contributed by atoms with E-state index in [0.717, 1.165) is 6.29 Å². The van der Waals surface area contributed by atoms with Gasteiger partial charge in [-0.05, 0) is 11.9 Å². The van der Waals surface area contributed by atoms with E-state index in [2.05, 4.69) is 0 Å². The number of carbonyl (C=O) groups is 2. The first-order chi connectivity index (χ1) is 4.38. The van der Waals surface area contributed by atoms with Gasteiger partial charge in [-0.15, -0.1) is 8.19 Å². The molecule has 3 heteroatoms. The first-order valence-electron chi connectivity index (χ1n) is 2.46. The molecule has 1 rings (SSSR count). The molecular formula is C6H5O2P. The van der Waals surface area contributed by atoms with Crippen molar-refractivity contribution in [2.24, 2.45) is 0 Å². The van der Waals surface area contributed by atoms with Crippen LogP contribution in [-0.4, -0.2) is 12.6 Å². The zero-order chi connectivity index (χ0) is 6.69. The van der Waals surface area contributed by atoms with Crippen LogP contribution < -0.4 is 0 Å². The predicted molar refractivity (Wildman–Crippen MR) is 36.7 cm³/mol. The van der Waals surface area contributed by atoms with Crippen LogP contribution in [0.5, 0.6) is 0 Å². The van der Waals surface area contributed by atoms with E-state index < -0.39 is 0 Å². The maximum Gasteiger partial charge on any atom is 0.154 e. The van der Waals surface area contributed by atoms with Crippen molar-refractivity contribution in [1.29, 1.82) is 0 Å². The van der Waals surface area contributed by atoms with Crippen LogP contribution in [0, 0.1) is 0 Å². The van der Waals surface area contributed by atoms with Crippen molar-refractivity contribution in [2.75, 3.05) is 0 Å². The minimum atomic E-state index is 0.387. The fourth-order valence-electron chi connectivity index (χ4n) is 0.599. The number of hydrogen-bond donors (Lipinski definition) is 0. The first-order valence-corrected chi connectivity index (χ1v) is 3.54. The third-order valence-electron chi connectivity index (χ3n) is 1.06. The van der Waals surface area contributed by atoms with Gasteiger partial charge in [0.05, 0.1) is 0 Å². The van der Waals surface area contributed by atoms with Gasteiger partial charge in [-0.3, -0.25) is 9.59 Å². The average molecular weight is 140 g/mol. The average Bonchev–Trinajstić information content (AvgIpc) is 2.33. The number of hydrogen-bond acceptors (Lipinski definition) is 2. The maximum atomic E-state index is 10.1. The Morgan fingerprint density at radius 1 is 1.33 bits per heavy atom. The summed E-state index contributed by atoms with van der Waals surface area (Å²) in [5.74, 6) is 1.83. The fourth-order valence-corrected chi connectivity index (χ4v) is 1.42. The molecule has 1 unspecified atom stereocenters. The Morgan fingerprint density at radius 2 is 2.11 bits per heavy atom. The fraction of sp³-hybridized carbons (Fsp3) is 0. The van der Waals surface area contributed by atoms with Crippen LogP contribution in [0.15, 0.2) is 11.9 Å². The van der Waals surface area contributed by atoms with Gasteiger partial charge in [0, 0.05) is 10.9 Å². The molecule has 0 amide bonds. The zero-order valence-corrected chi connectivity index (χ0v) is 5.63. The van der Waals surface area contributed by atoms with Gasteiger partial charge in [-0.1, -0.05) is 0 Å². The Bertz CT molecular complexity index is 204. The van der Waals surface area contributed by atoms with Crippen molar-refractivity contribution in [3.8, 4) is 0 Å². The summed E-state index contributed by atoms with van der Waals surface area (Å²) in [5.41, 5.74) is 0.531. The largest absolute Gasteiger partial charge is 0.298 e. The topological polar surface area (TPSA) is 34.1 Å². The van der Waals surface area contributed by atoms with Gasteiger partial charge >= 0.3 is 0 Å². The SMILES string of the molecule is O=Cc1cc[pH]c1C=O. The van der Waals surface area contributed by atoms with E-state index >= 15 is 0 Å². The molecular weight excluding hydrogens is 135 g/mol. The standard InChI is InChI=1S/C6H5O2P/c7-3-5-1-2-9-6(5)4-8/h1-4,9H. The molecule has 1 atom stereocenters. The minimum Gasteiger partial charge on any atom is -0.298 e. The molecule has 2 nitrogen and oxygen atoms in total. The molecule has 9 heavy (non-hydrogen) atoms. The molecule has 46 valence electrons. The summed E-state index contributed by atoms with van der Waals surface area (Å²) < 4.78 is 0. The van der Waals surface area contributed by atoms with E-state index in [0.29, 0.717) is 25.3 Å². The van der Waals surface area contributed by atoms with E-state index in [1.165, 1.54) is 0 Å². The highest BCUT2D eigenvalue weighted by molar-refractivity contribution is 7.31. The third-order valence-corrected chi connectivity index (χ3v) is 2.11. The van der Waals surface area contributed by atoms with Gasteiger partial charge in [0.2, 0.25) is 0 Å². The number of rotatable bonds is 2. The molecule has 0 saturated heterocycles. The van der Waals surface area contributed by atoms with Crippen LogP contribution in [0.4, 0.5) is 0 Å². The molecule has 0 N–H and O–H groups in total. The molecule has 1 heterocycles. The Labute approximate surface area is 54.0 Å². The molecule has 1 aromatic rings. The summed E-state index contributed by atoms with van der Waals surface area (Å²) in [6, 6.07) is 1.68. The quantitative estimate of drug-likeness (QED) is 0.581. The van der Waals surface area contributed by atoms with E-state index in [4.69, 9.17) is 0 Å². The van der Waals surface area contributed by atoms with E-state index in [1.807, 2.05) is 5.80 Å². The van der Waals surface area contributed by atoms with Crippen molar-refractivity contribution in [2.45, 2.75) is 0 Å². The Morgan fingerprint density at radius 3 is 2.56 bits per heavy atom. The Hall–Kier alpha value is -0.880. The molecule has 1 aromatic heterocycles. The molecule has 0 fully saturated rings. The second-order valence-electron chi connectivity index (χ2n) is 1.58. The molecule has 0 bridgehead atoms. The Balaban J connectivity index is 3.12. The van der Waals surface area contributed by atoms with Gasteiger partial charge in [0.25, 0.3) is 0 Å². The third kappa shape index (κ3) is 1.08. The summed E-state index contributed by atoms with van der Waals surface area (Å²) in [7, 11) is 0.387. The summed E-state index contributed by atoms with van der Waals surface area (Å²) >= 11 is 0. The molecule has 0 saturated carbocycles. The molecule has 0 aliphatic rings. The lowest BCUT2D eigenvalue weighted by molar-refractivity contribution is 0.109. The van der Waals surface area contributed by atoms with Crippen LogP contribution in [0.25, 0.3) is 0 Å². The lowest BCUT2D eigenvalue weighted by atomic mass is 10.3. The van der Waals surface area contributed by atoms with Crippen molar-refractivity contribution in [1.82, 2.24) is 0 Å². The molecule has 0 radical (unpaired) electrons. The molecule has 0 aromatic carbocycles. The van der Waals surface area contributed by atoms with Crippen LogP contribution in [0.2, 0.25) is 0 Å². The van der Waals surface area contributed by atoms with E-state index in [1.54, 1.807) is 6.07 Å². The summed E-state index contributed by atoms with van der Waals surface area (Å²) in [5, 5.41) is 0.616. The maximum absolute atomic E-state index is 10.1.